The maximum atomic E-state index is 9.40. The number of hydrogen-bond donors (Lipinski definition) is 0. The maximum Gasteiger partial charge on any atom is 0.0827 e. The minimum absolute atomic E-state index is 0.173. The smallest absolute Gasteiger partial charge is 0.0827 e. The summed E-state index contributed by atoms with van der Waals surface area (Å²) < 4.78 is 0. The third kappa shape index (κ3) is 1.85. The van der Waals surface area contributed by atoms with Gasteiger partial charge in [0.05, 0.1) is 11.5 Å². The molecule has 0 N–H and O–H groups in total. The zero-order chi connectivity index (χ0) is 11.6. The van der Waals surface area contributed by atoms with Gasteiger partial charge in [0.25, 0.3) is 0 Å². The maximum absolute atomic E-state index is 9.40. The van der Waals surface area contributed by atoms with E-state index in [0.717, 1.165) is 18.8 Å². The van der Waals surface area contributed by atoms with Gasteiger partial charge in [0.2, 0.25) is 0 Å². The molecule has 0 spiro atoms. The predicted molar refractivity (Wildman–Crippen MR) is 66.1 cm³/mol. The van der Waals surface area contributed by atoms with Crippen LogP contribution in [-0.4, -0.2) is 0 Å². The first-order chi connectivity index (χ1) is 7.70. The molecule has 0 aromatic heterocycles. The van der Waals surface area contributed by atoms with Crippen molar-refractivity contribution in [1.82, 2.24) is 0 Å². The van der Waals surface area contributed by atoms with Crippen LogP contribution in [-0.2, 0) is 5.41 Å². The van der Waals surface area contributed by atoms with Crippen molar-refractivity contribution in [3.8, 4) is 6.07 Å². The molecule has 1 aliphatic rings. The molecular weight excluding hydrogens is 194 g/mol. The summed E-state index contributed by atoms with van der Waals surface area (Å²) in [5, 5.41) is 9.40. The van der Waals surface area contributed by atoms with Crippen LogP contribution in [0.15, 0.2) is 24.3 Å². The molecule has 1 aromatic carbocycles. The van der Waals surface area contributed by atoms with Crippen LogP contribution < -0.4 is 0 Å². The molecule has 1 nitrogen and oxygen atoms in total. The summed E-state index contributed by atoms with van der Waals surface area (Å²) in [6, 6.07) is 11.0. The fraction of sp³-hybridized carbons (Fsp3) is 0.533. The van der Waals surface area contributed by atoms with E-state index in [1.165, 1.54) is 24.0 Å². The fourth-order valence-electron chi connectivity index (χ4n) is 2.80. The molecule has 0 unspecified atom stereocenters. The lowest BCUT2D eigenvalue weighted by molar-refractivity contribution is 0.184. The van der Waals surface area contributed by atoms with E-state index in [0.29, 0.717) is 0 Å². The summed E-state index contributed by atoms with van der Waals surface area (Å²) in [5.74, 6) is 0.769. The highest BCUT2D eigenvalue weighted by Crippen LogP contribution is 2.49. The number of rotatable bonds is 3. The van der Waals surface area contributed by atoms with Crippen molar-refractivity contribution < 1.29 is 0 Å². The molecule has 0 saturated heterocycles. The van der Waals surface area contributed by atoms with Crippen LogP contribution in [0.25, 0.3) is 0 Å². The van der Waals surface area contributed by atoms with Crippen LogP contribution >= 0.6 is 0 Å². The third-order valence-electron chi connectivity index (χ3n) is 3.79. The van der Waals surface area contributed by atoms with Crippen LogP contribution in [0.2, 0.25) is 0 Å². The van der Waals surface area contributed by atoms with Crippen molar-refractivity contribution in [2.24, 2.45) is 5.92 Å². The number of nitrogens with zero attached hydrogens (tertiary/aromatic N) is 1. The Balaban J connectivity index is 2.14. The van der Waals surface area contributed by atoms with E-state index < -0.39 is 0 Å². The Bertz CT molecular complexity index is 390. The molecule has 0 radical (unpaired) electrons. The number of hydrogen-bond acceptors (Lipinski definition) is 1. The van der Waals surface area contributed by atoms with Crippen molar-refractivity contribution in [3.63, 3.8) is 0 Å². The second-order valence-corrected chi connectivity index (χ2v) is 5.12. The Labute approximate surface area is 98.1 Å². The molecule has 1 saturated carbocycles. The standard InChI is InChI=1S/C15H19N/c1-3-4-13-9-15(10-13,11-16)14-7-5-12(2)6-8-14/h5-8,13H,3-4,9-10H2,1-2H3. The minimum atomic E-state index is -0.173. The molecule has 2 rings (SSSR count). The Hall–Kier alpha value is -1.29. The molecule has 1 aromatic rings. The van der Waals surface area contributed by atoms with E-state index in [1.54, 1.807) is 0 Å². The fourth-order valence-corrected chi connectivity index (χ4v) is 2.80. The van der Waals surface area contributed by atoms with Crippen molar-refractivity contribution in [1.29, 1.82) is 5.26 Å². The Morgan fingerprint density at radius 3 is 2.44 bits per heavy atom. The highest BCUT2D eigenvalue weighted by atomic mass is 14.5. The molecule has 0 amide bonds. The topological polar surface area (TPSA) is 23.8 Å². The molecule has 1 aliphatic carbocycles. The molecule has 0 bridgehead atoms. The molecule has 0 aliphatic heterocycles. The normalized spacial score (nSPS) is 28.2. The summed E-state index contributed by atoms with van der Waals surface area (Å²) in [6.07, 6.45) is 4.62. The largest absolute Gasteiger partial charge is 0.197 e. The summed E-state index contributed by atoms with van der Waals surface area (Å²) >= 11 is 0. The van der Waals surface area contributed by atoms with Crippen LogP contribution in [0.1, 0.15) is 43.7 Å². The quantitative estimate of drug-likeness (QED) is 0.745. The minimum Gasteiger partial charge on any atom is -0.197 e. The number of nitriles is 1. The Morgan fingerprint density at radius 2 is 1.94 bits per heavy atom. The van der Waals surface area contributed by atoms with Gasteiger partial charge in [-0.3, -0.25) is 0 Å². The van der Waals surface area contributed by atoms with E-state index in [2.05, 4.69) is 44.2 Å². The summed E-state index contributed by atoms with van der Waals surface area (Å²) in [7, 11) is 0. The molecule has 1 fully saturated rings. The van der Waals surface area contributed by atoms with Gasteiger partial charge in [-0.25, -0.2) is 0 Å². The van der Waals surface area contributed by atoms with Gasteiger partial charge in [-0.05, 0) is 31.2 Å². The third-order valence-corrected chi connectivity index (χ3v) is 3.79. The van der Waals surface area contributed by atoms with Crippen LogP contribution in [0.4, 0.5) is 0 Å². The van der Waals surface area contributed by atoms with E-state index in [4.69, 9.17) is 0 Å². The predicted octanol–water partition coefficient (Wildman–Crippen LogP) is 3.97. The van der Waals surface area contributed by atoms with Gasteiger partial charge in [-0.1, -0.05) is 49.6 Å². The molecular formula is C15H19N. The lowest BCUT2D eigenvalue weighted by Gasteiger charge is -2.43. The monoisotopic (exact) mass is 213 g/mol. The van der Waals surface area contributed by atoms with Gasteiger partial charge >= 0.3 is 0 Å². The Morgan fingerprint density at radius 1 is 1.31 bits per heavy atom. The SMILES string of the molecule is CCCC1CC(C#N)(c2ccc(C)cc2)C1. The van der Waals surface area contributed by atoms with Gasteiger partial charge < -0.3 is 0 Å². The summed E-state index contributed by atoms with van der Waals surface area (Å²) in [6.45, 7) is 4.31. The molecule has 0 atom stereocenters. The van der Waals surface area contributed by atoms with Crippen LogP contribution in [0.5, 0.6) is 0 Å². The molecule has 16 heavy (non-hydrogen) atoms. The van der Waals surface area contributed by atoms with Crippen LogP contribution in [0.3, 0.4) is 0 Å². The second kappa shape index (κ2) is 4.29. The lowest BCUT2D eigenvalue weighted by atomic mass is 9.58. The highest BCUT2D eigenvalue weighted by Gasteiger charge is 2.45. The average molecular weight is 213 g/mol. The first kappa shape index (κ1) is 11.2. The second-order valence-electron chi connectivity index (χ2n) is 5.12. The van der Waals surface area contributed by atoms with Gasteiger partial charge in [0.1, 0.15) is 0 Å². The summed E-state index contributed by atoms with van der Waals surface area (Å²) in [4.78, 5) is 0. The molecule has 0 heterocycles. The van der Waals surface area contributed by atoms with Crippen molar-refractivity contribution in [2.45, 2.75) is 44.9 Å². The van der Waals surface area contributed by atoms with E-state index >= 15 is 0 Å². The van der Waals surface area contributed by atoms with Crippen molar-refractivity contribution in [2.75, 3.05) is 0 Å². The molecule has 84 valence electrons. The van der Waals surface area contributed by atoms with E-state index in [9.17, 15) is 5.26 Å². The number of aryl methyl sites for hydroxylation is 1. The van der Waals surface area contributed by atoms with Gasteiger partial charge in [0, 0.05) is 0 Å². The highest BCUT2D eigenvalue weighted by molar-refractivity contribution is 5.37. The lowest BCUT2D eigenvalue weighted by Crippen LogP contribution is -2.39. The van der Waals surface area contributed by atoms with E-state index in [1.807, 2.05) is 0 Å². The van der Waals surface area contributed by atoms with Crippen molar-refractivity contribution >= 4 is 0 Å². The van der Waals surface area contributed by atoms with Gasteiger partial charge in [-0.2, -0.15) is 5.26 Å². The first-order valence-electron chi connectivity index (χ1n) is 6.18. The Kier molecular flexibility index (Phi) is 3.01. The number of benzene rings is 1. The van der Waals surface area contributed by atoms with E-state index in [-0.39, 0.29) is 5.41 Å². The van der Waals surface area contributed by atoms with Crippen molar-refractivity contribution in [3.05, 3.63) is 35.4 Å². The summed E-state index contributed by atoms with van der Waals surface area (Å²) in [5.41, 5.74) is 2.31. The molecule has 1 heteroatoms. The average Bonchev–Trinajstić information content (AvgIpc) is 2.24. The zero-order valence-corrected chi connectivity index (χ0v) is 10.2. The zero-order valence-electron chi connectivity index (χ0n) is 10.2. The van der Waals surface area contributed by atoms with Gasteiger partial charge in [0.15, 0.2) is 0 Å². The first-order valence-corrected chi connectivity index (χ1v) is 6.18. The van der Waals surface area contributed by atoms with Crippen LogP contribution in [0, 0.1) is 24.2 Å². The van der Waals surface area contributed by atoms with Gasteiger partial charge in [-0.15, -0.1) is 0 Å².